The van der Waals surface area contributed by atoms with Crippen molar-refractivity contribution in [2.75, 3.05) is 50.6 Å². The Hall–Kier alpha value is -0.220. The molecule has 0 aromatic carbocycles. The van der Waals surface area contributed by atoms with Gasteiger partial charge in [0.1, 0.15) is 0 Å². The number of piperazine rings is 1. The number of hydrogen-bond acceptors (Lipinski definition) is 6. The number of hydrogen-bond donors (Lipinski definition) is 1. The van der Waals surface area contributed by atoms with Gasteiger partial charge in [-0.1, -0.05) is 0 Å². The van der Waals surface area contributed by atoms with E-state index in [0.717, 1.165) is 19.3 Å². The average Bonchev–Trinajstić information content (AvgIpc) is 2.11. The molecule has 2 saturated heterocycles. The maximum atomic E-state index is 11.9. The summed E-state index contributed by atoms with van der Waals surface area (Å²) in [5.74, 6) is 0. The fraction of sp³-hybridized carbons (Fsp3) is 1.00. The highest BCUT2D eigenvalue weighted by Gasteiger charge is 2.33. The van der Waals surface area contributed by atoms with Crippen LogP contribution in [0.2, 0.25) is 0 Å². The monoisotopic (exact) mass is 297 g/mol. The van der Waals surface area contributed by atoms with Crippen LogP contribution >= 0.6 is 0 Å². The van der Waals surface area contributed by atoms with Crippen molar-refractivity contribution in [3.63, 3.8) is 0 Å². The summed E-state index contributed by atoms with van der Waals surface area (Å²) < 4.78 is 47.2. The normalized spacial score (nSPS) is 24.9. The first-order valence-electron chi connectivity index (χ1n) is 5.88. The van der Waals surface area contributed by atoms with Crippen molar-refractivity contribution >= 4 is 19.9 Å². The molecule has 0 radical (unpaired) electrons. The third-order valence-corrected chi connectivity index (χ3v) is 7.36. The van der Waals surface area contributed by atoms with E-state index < -0.39 is 24.9 Å². The fourth-order valence-corrected chi connectivity index (χ4v) is 5.70. The minimum Gasteiger partial charge on any atom is -0.314 e. The van der Waals surface area contributed by atoms with Gasteiger partial charge >= 0.3 is 0 Å². The predicted octanol–water partition coefficient (Wildman–Crippen LogP) is -2.09. The molecule has 0 saturated carbocycles. The van der Waals surface area contributed by atoms with E-state index in [0.29, 0.717) is 32.2 Å². The Morgan fingerprint density at radius 1 is 1.06 bits per heavy atom. The van der Waals surface area contributed by atoms with Crippen molar-refractivity contribution in [2.24, 2.45) is 0 Å². The zero-order chi connectivity index (χ0) is 13.4. The van der Waals surface area contributed by atoms with Crippen molar-refractivity contribution in [3.05, 3.63) is 0 Å². The minimum atomic E-state index is -3.68. The van der Waals surface area contributed by atoms with Crippen LogP contribution < -0.4 is 5.32 Å². The molecule has 0 aromatic rings. The molecule has 18 heavy (non-hydrogen) atoms. The van der Waals surface area contributed by atoms with Crippen LogP contribution in [-0.2, 0) is 19.9 Å². The summed E-state index contributed by atoms with van der Waals surface area (Å²) in [5, 5.41) is 2.39. The highest BCUT2D eigenvalue weighted by Crippen LogP contribution is 2.13. The van der Waals surface area contributed by atoms with E-state index in [1.165, 1.54) is 4.31 Å². The van der Waals surface area contributed by atoms with Gasteiger partial charge in [0.05, 0.1) is 0 Å². The first-order valence-corrected chi connectivity index (χ1v) is 9.55. The Balaban J connectivity index is 1.92. The van der Waals surface area contributed by atoms with Crippen molar-refractivity contribution in [2.45, 2.75) is 6.04 Å². The molecular formula is C9H19N3O4S2. The molecule has 0 aliphatic carbocycles. The molecule has 2 rings (SSSR count). The Bertz CT molecular complexity index is 490. The maximum Gasteiger partial charge on any atom is 0.228 e. The third kappa shape index (κ3) is 3.41. The summed E-state index contributed by atoms with van der Waals surface area (Å²) in [4.78, 5) is 2.25. The van der Waals surface area contributed by atoms with Gasteiger partial charge in [-0.05, 0) is 0 Å². The van der Waals surface area contributed by atoms with Gasteiger partial charge in [-0.2, -0.15) is 4.31 Å². The second kappa shape index (κ2) is 5.04. The van der Waals surface area contributed by atoms with Crippen LogP contribution in [0.15, 0.2) is 0 Å². The van der Waals surface area contributed by atoms with E-state index in [-0.39, 0.29) is 0 Å². The zero-order valence-electron chi connectivity index (χ0n) is 10.4. The van der Waals surface area contributed by atoms with E-state index in [4.69, 9.17) is 0 Å². The summed E-state index contributed by atoms with van der Waals surface area (Å²) in [7, 11) is -7.18. The molecule has 7 nitrogen and oxygen atoms in total. The maximum absolute atomic E-state index is 11.9. The fourth-order valence-electron chi connectivity index (χ4n) is 2.22. The van der Waals surface area contributed by atoms with Crippen molar-refractivity contribution in [3.8, 4) is 0 Å². The molecule has 106 valence electrons. The van der Waals surface area contributed by atoms with E-state index >= 15 is 0 Å². The Morgan fingerprint density at radius 3 is 2.00 bits per heavy atom. The molecule has 2 fully saturated rings. The molecule has 2 heterocycles. The number of nitrogens with zero attached hydrogens (tertiary/aromatic N) is 2. The van der Waals surface area contributed by atoms with Crippen molar-refractivity contribution in [1.29, 1.82) is 0 Å². The summed E-state index contributed by atoms with van der Waals surface area (Å²) in [5.41, 5.74) is 0. The molecule has 0 atom stereocenters. The second-order valence-electron chi connectivity index (χ2n) is 4.90. The minimum absolute atomic E-state index is 0.383. The molecule has 0 bridgehead atoms. The Kier molecular flexibility index (Phi) is 3.98. The number of sulfonamides is 1. The molecule has 2 aliphatic heterocycles. The van der Waals surface area contributed by atoms with Crippen LogP contribution in [0.4, 0.5) is 0 Å². The van der Waals surface area contributed by atoms with E-state index in [1.54, 1.807) is 0 Å². The van der Waals surface area contributed by atoms with E-state index in [2.05, 4.69) is 10.2 Å². The van der Waals surface area contributed by atoms with Gasteiger partial charge in [-0.25, -0.2) is 16.8 Å². The van der Waals surface area contributed by atoms with Crippen LogP contribution in [0.25, 0.3) is 0 Å². The molecule has 1 N–H and O–H groups in total. The van der Waals surface area contributed by atoms with Crippen molar-refractivity contribution in [1.82, 2.24) is 14.5 Å². The molecule has 0 spiro atoms. The number of rotatable bonds is 4. The lowest BCUT2D eigenvalue weighted by atomic mass is 10.1. The van der Waals surface area contributed by atoms with Gasteiger partial charge < -0.3 is 5.32 Å². The number of sulfone groups is 1. The second-order valence-corrected chi connectivity index (χ2v) is 9.38. The molecule has 0 unspecified atom stereocenters. The van der Waals surface area contributed by atoms with Gasteiger partial charge in [-0.15, -0.1) is 0 Å². The lowest BCUT2D eigenvalue weighted by Gasteiger charge is -2.42. The molecule has 0 amide bonds. The molecule has 2 aliphatic rings. The van der Waals surface area contributed by atoms with Gasteiger partial charge in [0, 0.05) is 51.6 Å². The lowest BCUT2D eigenvalue weighted by molar-refractivity contribution is 0.103. The molecular weight excluding hydrogens is 278 g/mol. The quantitative estimate of drug-likeness (QED) is 0.640. The standard InChI is InChI=1S/C9H19N3O4S2/c1-17(13,14)8-18(15,16)12-4-2-11(3-5-12)9-6-10-7-9/h9-10H,2-8H2,1H3. The summed E-state index contributed by atoms with van der Waals surface area (Å²) in [6.07, 6.45) is 0.945. The molecule has 0 aromatic heterocycles. The lowest BCUT2D eigenvalue weighted by Crippen LogP contribution is -2.62. The summed E-state index contributed by atoms with van der Waals surface area (Å²) in [6.45, 7) is 4.03. The Morgan fingerprint density at radius 2 is 1.61 bits per heavy atom. The SMILES string of the molecule is CS(=O)(=O)CS(=O)(=O)N1CCN(C2CNC2)CC1. The van der Waals surface area contributed by atoms with Crippen LogP contribution in [0.1, 0.15) is 0 Å². The topological polar surface area (TPSA) is 86.8 Å². The van der Waals surface area contributed by atoms with Gasteiger partial charge in [-0.3, -0.25) is 4.90 Å². The Labute approximate surface area is 108 Å². The van der Waals surface area contributed by atoms with Gasteiger partial charge in [0.15, 0.2) is 14.9 Å². The largest absolute Gasteiger partial charge is 0.314 e. The first-order chi connectivity index (χ1) is 8.28. The van der Waals surface area contributed by atoms with Crippen molar-refractivity contribution < 1.29 is 16.8 Å². The average molecular weight is 297 g/mol. The van der Waals surface area contributed by atoms with Crippen LogP contribution in [0.3, 0.4) is 0 Å². The van der Waals surface area contributed by atoms with Crippen LogP contribution in [-0.4, -0.2) is 82.7 Å². The highest BCUT2D eigenvalue weighted by molar-refractivity contribution is 8.06. The van der Waals surface area contributed by atoms with Gasteiger partial charge in [0.25, 0.3) is 0 Å². The zero-order valence-corrected chi connectivity index (χ0v) is 12.0. The van der Waals surface area contributed by atoms with Crippen LogP contribution in [0, 0.1) is 0 Å². The summed E-state index contributed by atoms with van der Waals surface area (Å²) >= 11 is 0. The van der Waals surface area contributed by atoms with E-state index in [1.807, 2.05) is 0 Å². The third-order valence-electron chi connectivity index (χ3n) is 3.31. The van der Waals surface area contributed by atoms with Crippen LogP contribution in [0.5, 0.6) is 0 Å². The molecule has 9 heteroatoms. The van der Waals surface area contributed by atoms with E-state index in [9.17, 15) is 16.8 Å². The smallest absolute Gasteiger partial charge is 0.228 e. The van der Waals surface area contributed by atoms with Gasteiger partial charge in [0.2, 0.25) is 10.0 Å². The first kappa shape index (κ1) is 14.2. The highest BCUT2D eigenvalue weighted by atomic mass is 32.3. The summed E-state index contributed by atoms with van der Waals surface area (Å²) in [6, 6.07) is 0.504. The number of nitrogens with one attached hydrogen (secondary N) is 1. The predicted molar refractivity (Wildman–Crippen MR) is 68.4 cm³/mol.